The number of carboxylic acids is 1. The third kappa shape index (κ3) is 4.07. The molecule has 25 heavy (non-hydrogen) atoms. The Morgan fingerprint density at radius 3 is 2.80 bits per heavy atom. The number of rotatable bonds is 5. The summed E-state index contributed by atoms with van der Waals surface area (Å²) in [6.45, 7) is 1.94. The zero-order valence-electron chi connectivity index (χ0n) is 14.3. The van der Waals surface area contributed by atoms with Gasteiger partial charge in [0.05, 0.1) is 17.6 Å². The summed E-state index contributed by atoms with van der Waals surface area (Å²) in [5.41, 5.74) is 1.93. The third-order valence-electron chi connectivity index (χ3n) is 4.89. The van der Waals surface area contributed by atoms with Crippen LogP contribution in [0.25, 0.3) is 5.69 Å². The zero-order chi connectivity index (χ0) is 17.8. The summed E-state index contributed by atoms with van der Waals surface area (Å²) in [6.07, 6.45) is 6.24. The monoisotopic (exact) mass is 341 g/mol. The average molecular weight is 341 g/mol. The molecule has 0 bridgehead atoms. The van der Waals surface area contributed by atoms with Crippen LogP contribution in [0.2, 0.25) is 0 Å². The van der Waals surface area contributed by atoms with Gasteiger partial charge in [-0.3, -0.25) is 9.59 Å². The van der Waals surface area contributed by atoms with Crippen LogP contribution in [-0.4, -0.2) is 26.8 Å². The minimum atomic E-state index is -0.794. The molecule has 2 N–H and O–H groups in total. The summed E-state index contributed by atoms with van der Waals surface area (Å²) in [6, 6.07) is 9.59. The fraction of sp³-hybridized carbons (Fsp3) is 0.421. The Hall–Kier alpha value is -2.63. The van der Waals surface area contributed by atoms with Crippen molar-refractivity contribution in [3.8, 4) is 5.69 Å². The molecule has 1 aromatic carbocycles. The van der Waals surface area contributed by atoms with Gasteiger partial charge in [-0.25, -0.2) is 4.68 Å². The summed E-state index contributed by atoms with van der Waals surface area (Å²) >= 11 is 0. The molecule has 6 heteroatoms. The highest BCUT2D eigenvalue weighted by Crippen LogP contribution is 2.30. The van der Waals surface area contributed by atoms with E-state index < -0.39 is 11.9 Å². The molecular formula is C19H23N3O3. The van der Waals surface area contributed by atoms with E-state index in [9.17, 15) is 14.7 Å². The SMILES string of the molecule is CC(NC(=O)C1CCCC(C(=O)O)C1)c1cccc(-n2cccn2)c1. The number of carbonyl (C=O) groups is 2. The molecule has 2 aromatic rings. The van der Waals surface area contributed by atoms with Gasteiger partial charge >= 0.3 is 5.97 Å². The van der Waals surface area contributed by atoms with Crippen LogP contribution in [0.15, 0.2) is 42.7 Å². The highest BCUT2D eigenvalue weighted by atomic mass is 16.4. The first-order valence-corrected chi connectivity index (χ1v) is 8.67. The van der Waals surface area contributed by atoms with Gasteiger partial charge in [-0.15, -0.1) is 0 Å². The maximum absolute atomic E-state index is 12.5. The number of nitrogens with zero attached hydrogens (tertiary/aromatic N) is 2. The van der Waals surface area contributed by atoms with E-state index in [1.54, 1.807) is 10.9 Å². The first-order valence-electron chi connectivity index (χ1n) is 8.67. The standard InChI is InChI=1S/C19H23N3O3/c1-13(14-5-3-8-17(12-14)22-10-4-9-20-22)21-18(23)15-6-2-7-16(11-15)19(24)25/h3-5,8-10,12-13,15-16H,2,6-7,11H2,1H3,(H,21,23)(H,24,25). The molecule has 1 aliphatic carbocycles. The first kappa shape index (κ1) is 17.2. The Balaban J connectivity index is 1.65. The van der Waals surface area contributed by atoms with Gasteiger partial charge in [0.2, 0.25) is 5.91 Å². The second-order valence-corrected chi connectivity index (χ2v) is 6.67. The van der Waals surface area contributed by atoms with Crippen LogP contribution in [0.4, 0.5) is 0 Å². The molecule has 1 saturated carbocycles. The Kier molecular flexibility index (Phi) is 5.16. The minimum absolute atomic E-state index is 0.0528. The number of aromatic nitrogens is 2. The fourth-order valence-electron chi connectivity index (χ4n) is 3.42. The zero-order valence-corrected chi connectivity index (χ0v) is 14.3. The Labute approximate surface area is 146 Å². The van der Waals surface area contributed by atoms with E-state index in [0.29, 0.717) is 12.8 Å². The van der Waals surface area contributed by atoms with E-state index in [-0.39, 0.29) is 17.9 Å². The molecule has 0 spiro atoms. The van der Waals surface area contributed by atoms with Gasteiger partial charge in [0, 0.05) is 18.3 Å². The lowest BCUT2D eigenvalue weighted by atomic mass is 9.81. The van der Waals surface area contributed by atoms with E-state index in [1.807, 2.05) is 43.5 Å². The lowest BCUT2D eigenvalue weighted by molar-refractivity contribution is -0.144. The first-order chi connectivity index (χ1) is 12.0. The molecule has 3 rings (SSSR count). The fourth-order valence-corrected chi connectivity index (χ4v) is 3.42. The third-order valence-corrected chi connectivity index (χ3v) is 4.89. The molecule has 0 saturated heterocycles. The topological polar surface area (TPSA) is 84.2 Å². The molecule has 1 heterocycles. The number of nitrogens with one attached hydrogen (secondary N) is 1. The summed E-state index contributed by atoms with van der Waals surface area (Å²) in [4.78, 5) is 23.7. The normalized spacial score (nSPS) is 21.5. The molecule has 132 valence electrons. The molecular weight excluding hydrogens is 318 g/mol. The largest absolute Gasteiger partial charge is 0.481 e. The van der Waals surface area contributed by atoms with E-state index in [0.717, 1.165) is 24.1 Å². The summed E-state index contributed by atoms with van der Waals surface area (Å²) in [5.74, 6) is -1.46. The number of carboxylic acid groups (broad SMARTS) is 1. The second-order valence-electron chi connectivity index (χ2n) is 6.67. The second kappa shape index (κ2) is 7.51. The van der Waals surface area contributed by atoms with Crippen LogP contribution in [-0.2, 0) is 9.59 Å². The van der Waals surface area contributed by atoms with Crippen molar-refractivity contribution in [1.82, 2.24) is 15.1 Å². The number of hydrogen-bond donors (Lipinski definition) is 2. The van der Waals surface area contributed by atoms with Crippen molar-refractivity contribution in [3.05, 3.63) is 48.3 Å². The number of amides is 1. The predicted molar refractivity (Wildman–Crippen MR) is 93.2 cm³/mol. The van der Waals surface area contributed by atoms with Crippen LogP contribution in [0.1, 0.15) is 44.2 Å². The Morgan fingerprint density at radius 2 is 2.08 bits per heavy atom. The van der Waals surface area contributed by atoms with Crippen LogP contribution in [0, 0.1) is 11.8 Å². The van der Waals surface area contributed by atoms with Crippen molar-refractivity contribution >= 4 is 11.9 Å². The average Bonchev–Trinajstić information content (AvgIpc) is 3.16. The lowest BCUT2D eigenvalue weighted by Gasteiger charge is -2.27. The van der Waals surface area contributed by atoms with Gasteiger partial charge in [0.1, 0.15) is 0 Å². The van der Waals surface area contributed by atoms with Crippen molar-refractivity contribution < 1.29 is 14.7 Å². The minimum Gasteiger partial charge on any atom is -0.481 e. The Morgan fingerprint density at radius 1 is 1.28 bits per heavy atom. The molecule has 1 amide bonds. The molecule has 1 aromatic heterocycles. The molecule has 0 radical (unpaired) electrons. The lowest BCUT2D eigenvalue weighted by Crippen LogP contribution is -2.36. The highest BCUT2D eigenvalue weighted by molar-refractivity contribution is 5.80. The number of aliphatic carboxylic acids is 1. The molecule has 6 nitrogen and oxygen atoms in total. The van der Waals surface area contributed by atoms with E-state index in [4.69, 9.17) is 0 Å². The van der Waals surface area contributed by atoms with Gasteiger partial charge in [-0.2, -0.15) is 5.10 Å². The molecule has 0 aliphatic heterocycles. The van der Waals surface area contributed by atoms with Crippen LogP contribution < -0.4 is 5.32 Å². The predicted octanol–water partition coefficient (Wildman–Crippen LogP) is 2.94. The highest BCUT2D eigenvalue weighted by Gasteiger charge is 2.31. The molecule has 1 aliphatic rings. The van der Waals surface area contributed by atoms with Crippen LogP contribution in [0.5, 0.6) is 0 Å². The van der Waals surface area contributed by atoms with Crippen molar-refractivity contribution in [2.75, 3.05) is 0 Å². The maximum atomic E-state index is 12.5. The van der Waals surface area contributed by atoms with Crippen LogP contribution in [0.3, 0.4) is 0 Å². The molecule has 1 fully saturated rings. The quantitative estimate of drug-likeness (QED) is 0.876. The maximum Gasteiger partial charge on any atom is 0.306 e. The Bertz CT molecular complexity index is 742. The van der Waals surface area contributed by atoms with Gasteiger partial charge in [0.15, 0.2) is 0 Å². The van der Waals surface area contributed by atoms with E-state index in [2.05, 4.69) is 10.4 Å². The summed E-state index contributed by atoms with van der Waals surface area (Å²) in [7, 11) is 0. The van der Waals surface area contributed by atoms with Gasteiger partial charge in [-0.05, 0) is 49.9 Å². The number of hydrogen-bond acceptors (Lipinski definition) is 3. The summed E-state index contributed by atoms with van der Waals surface area (Å²) < 4.78 is 1.77. The summed E-state index contributed by atoms with van der Waals surface area (Å²) in [5, 5.41) is 16.4. The van der Waals surface area contributed by atoms with Crippen molar-refractivity contribution in [1.29, 1.82) is 0 Å². The smallest absolute Gasteiger partial charge is 0.306 e. The van der Waals surface area contributed by atoms with Crippen LogP contribution >= 0.6 is 0 Å². The molecule has 3 atom stereocenters. The van der Waals surface area contributed by atoms with Gasteiger partial charge in [0.25, 0.3) is 0 Å². The van der Waals surface area contributed by atoms with Crippen molar-refractivity contribution in [2.24, 2.45) is 11.8 Å². The van der Waals surface area contributed by atoms with E-state index in [1.165, 1.54) is 0 Å². The van der Waals surface area contributed by atoms with Gasteiger partial charge in [-0.1, -0.05) is 18.6 Å². The molecule has 3 unspecified atom stereocenters. The van der Waals surface area contributed by atoms with Crippen molar-refractivity contribution in [2.45, 2.75) is 38.6 Å². The number of carbonyl (C=O) groups excluding carboxylic acids is 1. The van der Waals surface area contributed by atoms with Gasteiger partial charge < -0.3 is 10.4 Å². The van der Waals surface area contributed by atoms with Crippen molar-refractivity contribution in [3.63, 3.8) is 0 Å². The van der Waals surface area contributed by atoms with E-state index >= 15 is 0 Å². The number of benzene rings is 1.